The third kappa shape index (κ3) is 2.66. The molecule has 1 N–H and O–H groups in total. The summed E-state index contributed by atoms with van der Waals surface area (Å²) in [7, 11) is -0.402. The van der Waals surface area contributed by atoms with Crippen LogP contribution in [0.5, 0.6) is 0 Å². The van der Waals surface area contributed by atoms with Crippen molar-refractivity contribution in [1.82, 2.24) is 15.0 Å². The monoisotopic (exact) mass is 335 g/mol. The molecule has 0 radical (unpaired) electrons. The molecule has 0 saturated carbocycles. The Morgan fingerprint density at radius 1 is 1.04 bits per heavy atom. The van der Waals surface area contributed by atoms with E-state index < -0.39 is 7.12 Å². The predicted octanol–water partition coefficient (Wildman–Crippen LogP) is 3.23. The molecule has 6 heteroatoms. The van der Waals surface area contributed by atoms with E-state index in [2.05, 4.69) is 61.7 Å². The van der Waals surface area contributed by atoms with Gasteiger partial charge >= 0.3 is 7.12 Å². The van der Waals surface area contributed by atoms with Crippen LogP contribution in [0.4, 0.5) is 0 Å². The van der Waals surface area contributed by atoms with Crippen LogP contribution in [0.15, 0.2) is 36.8 Å². The Hall–Kier alpha value is -2.18. The van der Waals surface area contributed by atoms with Crippen molar-refractivity contribution >= 4 is 23.6 Å². The van der Waals surface area contributed by atoms with E-state index in [1.165, 1.54) is 5.56 Å². The summed E-state index contributed by atoms with van der Waals surface area (Å²) in [6.45, 7) is 10.3. The van der Waals surface area contributed by atoms with Crippen LogP contribution in [0.1, 0.15) is 33.3 Å². The van der Waals surface area contributed by atoms with Gasteiger partial charge in [0.05, 0.1) is 11.2 Å². The van der Waals surface area contributed by atoms with E-state index in [4.69, 9.17) is 9.31 Å². The zero-order valence-electron chi connectivity index (χ0n) is 15.3. The van der Waals surface area contributed by atoms with Gasteiger partial charge in [0.2, 0.25) is 0 Å². The molecule has 0 spiro atoms. The molecule has 1 fully saturated rings. The van der Waals surface area contributed by atoms with Crippen LogP contribution in [-0.4, -0.2) is 33.3 Å². The summed E-state index contributed by atoms with van der Waals surface area (Å²) in [6.07, 6.45) is 5.49. The quantitative estimate of drug-likeness (QED) is 0.731. The zero-order chi connectivity index (χ0) is 17.8. The van der Waals surface area contributed by atoms with Crippen LogP contribution >= 0.6 is 0 Å². The second-order valence-electron chi connectivity index (χ2n) is 7.67. The second kappa shape index (κ2) is 5.41. The highest BCUT2D eigenvalue weighted by Gasteiger charge is 2.51. The predicted molar refractivity (Wildman–Crippen MR) is 99.8 cm³/mol. The average Bonchev–Trinajstić information content (AvgIpc) is 3.05. The van der Waals surface area contributed by atoms with Crippen molar-refractivity contribution < 1.29 is 9.31 Å². The van der Waals surface area contributed by atoms with Crippen LogP contribution in [-0.2, 0) is 9.31 Å². The summed E-state index contributed by atoms with van der Waals surface area (Å²) in [6, 6.07) is 6.18. The minimum Gasteiger partial charge on any atom is -0.399 e. The molecular formula is C19H22BN3O2. The van der Waals surface area contributed by atoms with Gasteiger partial charge in [-0.25, -0.2) is 4.98 Å². The molecule has 0 bridgehead atoms. The van der Waals surface area contributed by atoms with E-state index in [0.29, 0.717) is 0 Å². The highest BCUT2D eigenvalue weighted by atomic mass is 16.7. The molecule has 3 aromatic rings. The van der Waals surface area contributed by atoms with Crippen LogP contribution in [0.2, 0.25) is 0 Å². The SMILES string of the molecule is Cc1ccncc1-c1cc2cc(B3OC(C)(C)C(C)(C)O3)cnc2[nH]1. The number of rotatable bonds is 2. The van der Waals surface area contributed by atoms with Crippen molar-refractivity contribution in [2.24, 2.45) is 0 Å². The minimum atomic E-state index is -0.402. The van der Waals surface area contributed by atoms with Gasteiger partial charge in [-0.2, -0.15) is 0 Å². The molecule has 5 nitrogen and oxygen atoms in total. The smallest absolute Gasteiger partial charge is 0.399 e. The van der Waals surface area contributed by atoms with Gasteiger partial charge in [-0.3, -0.25) is 4.98 Å². The molecule has 1 aliphatic heterocycles. The highest BCUT2D eigenvalue weighted by molar-refractivity contribution is 6.62. The fourth-order valence-electron chi connectivity index (χ4n) is 3.03. The van der Waals surface area contributed by atoms with E-state index in [1.807, 2.05) is 18.5 Å². The summed E-state index contributed by atoms with van der Waals surface area (Å²) >= 11 is 0. The molecule has 25 heavy (non-hydrogen) atoms. The first-order valence-electron chi connectivity index (χ1n) is 8.52. The number of H-pyrrole nitrogens is 1. The largest absolute Gasteiger partial charge is 0.496 e. The molecule has 0 aliphatic carbocycles. The molecular weight excluding hydrogens is 313 g/mol. The molecule has 1 saturated heterocycles. The van der Waals surface area contributed by atoms with Crippen molar-refractivity contribution in [3.63, 3.8) is 0 Å². The molecule has 4 heterocycles. The van der Waals surface area contributed by atoms with E-state index in [-0.39, 0.29) is 11.2 Å². The van der Waals surface area contributed by atoms with Gasteiger partial charge < -0.3 is 14.3 Å². The number of hydrogen-bond acceptors (Lipinski definition) is 4. The second-order valence-corrected chi connectivity index (χ2v) is 7.67. The van der Waals surface area contributed by atoms with Gasteiger partial charge in [0, 0.05) is 40.7 Å². The number of fused-ring (bicyclic) bond motifs is 1. The normalized spacial score (nSPS) is 18.8. The first kappa shape index (κ1) is 16.3. The lowest BCUT2D eigenvalue weighted by molar-refractivity contribution is 0.00578. The number of pyridine rings is 2. The lowest BCUT2D eigenvalue weighted by atomic mass is 9.80. The summed E-state index contributed by atoms with van der Waals surface area (Å²) in [4.78, 5) is 12.2. The standard InChI is InChI=1S/C19H22BN3O2/c1-12-6-7-21-11-15(12)16-9-13-8-14(10-22-17(13)23-16)20-24-18(2,3)19(4,5)25-20/h6-11H,1-5H3,(H,22,23). The molecule has 0 amide bonds. The number of nitrogens with one attached hydrogen (secondary N) is 1. The molecule has 128 valence electrons. The lowest BCUT2D eigenvalue weighted by Gasteiger charge is -2.32. The van der Waals surface area contributed by atoms with E-state index in [0.717, 1.165) is 27.8 Å². The van der Waals surface area contributed by atoms with Crippen molar-refractivity contribution in [2.75, 3.05) is 0 Å². The summed E-state index contributed by atoms with van der Waals surface area (Å²) in [5.41, 5.74) is 4.33. The molecule has 0 unspecified atom stereocenters. The maximum Gasteiger partial charge on any atom is 0.496 e. The third-order valence-corrected chi connectivity index (χ3v) is 5.35. The van der Waals surface area contributed by atoms with Crippen molar-refractivity contribution in [3.8, 4) is 11.3 Å². The fraction of sp³-hybridized carbons (Fsp3) is 0.368. The van der Waals surface area contributed by atoms with Gasteiger partial charge in [-0.05, 0) is 58.4 Å². The number of nitrogens with zero attached hydrogens (tertiary/aromatic N) is 2. The molecule has 4 rings (SSSR count). The van der Waals surface area contributed by atoms with Crippen LogP contribution in [0.25, 0.3) is 22.3 Å². The Kier molecular flexibility index (Phi) is 3.53. The zero-order valence-corrected chi connectivity index (χ0v) is 15.3. The Labute approximate surface area is 147 Å². The van der Waals surface area contributed by atoms with Crippen LogP contribution < -0.4 is 5.46 Å². The average molecular weight is 335 g/mol. The van der Waals surface area contributed by atoms with Crippen LogP contribution in [0, 0.1) is 6.92 Å². The van der Waals surface area contributed by atoms with Gasteiger partial charge in [-0.1, -0.05) is 0 Å². The number of hydrogen-bond donors (Lipinski definition) is 1. The summed E-state index contributed by atoms with van der Waals surface area (Å²) < 4.78 is 12.3. The molecule has 3 aromatic heterocycles. The Bertz CT molecular complexity index is 933. The number of aromatic nitrogens is 3. The fourth-order valence-corrected chi connectivity index (χ4v) is 3.03. The maximum atomic E-state index is 6.13. The number of aryl methyl sites for hydroxylation is 1. The Morgan fingerprint density at radius 3 is 2.44 bits per heavy atom. The topological polar surface area (TPSA) is 60.0 Å². The number of aromatic amines is 1. The third-order valence-electron chi connectivity index (χ3n) is 5.35. The Morgan fingerprint density at radius 2 is 1.76 bits per heavy atom. The molecule has 0 atom stereocenters. The molecule has 0 aromatic carbocycles. The lowest BCUT2D eigenvalue weighted by Crippen LogP contribution is -2.41. The van der Waals surface area contributed by atoms with Gasteiger partial charge in [0.15, 0.2) is 0 Å². The van der Waals surface area contributed by atoms with E-state index in [9.17, 15) is 0 Å². The van der Waals surface area contributed by atoms with E-state index in [1.54, 1.807) is 6.20 Å². The minimum absolute atomic E-state index is 0.358. The Balaban J connectivity index is 1.71. The van der Waals surface area contributed by atoms with Gasteiger partial charge in [0.25, 0.3) is 0 Å². The summed E-state index contributed by atoms with van der Waals surface area (Å²) in [5, 5.41) is 1.03. The highest BCUT2D eigenvalue weighted by Crippen LogP contribution is 2.36. The van der Waals surface area contributed by atoms with Crippen LogP contribution in [0.3, 0.4) is 0 Å². The van der Waals surface area contributed by atoms with Crippen molar-refractivity contribution in [3.05, 3.63) is 42.4 Å². The first-order valence-corrected chi connectivity index (χ1v) is 8.52. The van der Waals surface area contributed by atoms with E-state index >= 15 is 0 Å². The van der Waals surface area contributed by atoms with Gasteiger partial charge in [0.1, 0.15) is 5.65 Å². The molecule has 1 aliphatic rings. The van der Waals surface area contributed by atoms with Crippen molar-refractivity contribution in [2.45, 2.75) is 45.8 Å². The van der Waals surface area contributed by atoms with Gasteiger partial charge in [-0.15, -0.1) is 0 Å². The summed E-state index contributed by atoms with van der Waals surface area (Å²) in [5.74, 6) is 0. The first-order chi connectivity index (χ1) is 11.8. The maximum absolute atomic E-state index is 6.13. The van der Waals surface area contributed by atoms with Crippen molar-refractivity contribution in [1.29, 1.82) is 0 Å².